The van der Waals surface area contributed by atoms with Crippen LogP contribution in [0.1, 0.15) is 18.4 Å². The number of anilines is 1. The Labute approximate surface area is 134 Å². The highest BCUT2D eigenvalue weighted by Crippen LogP contribution is 2.23. The maximum absolute atomic E-state index is 12.3. The standard InChI is InChI=1S/C16H22F3N3O/c1-21-8-3-9-22(11-10-21)15(23)20-14-5-2-4-13(12-14)6-7-16(17,18)19/h2,4-5,12H,3,6-11H2,1H3,(H,20,23). The molecule has 2 amide bonds. The minimum absolute atomic E-state index is 0.0816. The Balaban J connectivity index is 1.92. The molecule has 1 aromatic carbocycles. The van der Waals surface area contributed by atoms with Crippen molar-refractivity contribution in [1.82, 2.24) is 9.80 Å². The Hall–Kier alpha value is -1.76. The molecule has 0 saturated carbocycles. The molecule has 0 aromatic heterocycles. The summed E-state index contributed by atoms with van der Waals surface area (Å²) in [5, 5.41) is 2.78. The molecule has 0 spiro atoms. The number of urea groups is 1. The first kappa shape index (κ1) is 17.6. The second-order valence-corrected chi connectivity index (χ2v) is 5.89. The van der Waals surface area contributed by atoms with Crippen molar-refractivity contribution in [2.45, 2.75) is 25.4 Å². The first-order valence-corrected chi connectivity index (χ1v) is 7.74. The van der Waals surface area contributed by atoms with Crippen LogP contribution in [0.4, 0.5) is 23.7 Å². The molecule has 1 saturated heterocycles. The van der Waals surface area contributed by atoms with Crippen LogP contribution in [0.5, 0.6) is 0 Å². The van der Waals surface area contributed by atoms with Crippen LogP contribution in [0.2, 0.25) is 0 Å². The van der Waals surface area contributed by atoms with Crippen molar-refractivity contribution in [3.8, 4) is 0 Å². The van der Waals surface area contributed by atoms with Crippen LogP contribution < -0.4 is 5.32 Å². The molecule has 7 heteroatoms. The first-order chi connectivity index (χ1) is 10.8. The predicted molar refractivity (Wildman–Crippen MR) is 83.5 cm³/mol. The lowest BCUT2D eigenvalue weighted by molar-refractivity contribution is -0.133. The highest BCUT2D eigenvalue weighted by Gasteiger charge is 2.26. The molecule has 0 unspecified atom stereocenters. The monoisotopic (exact) mass is 329 g/mol. The third-order valence-electron chi connectivity index (χ3n) is 3.88. The second kappa shape index (κ2) is 7.68. The van der Waals surface area contributed by atoms with Crippen molar-refractivity contribution in [2.24, 2.45) is 0 Å². The first-order valence-electron chi connectivity index (χ1n) is 7.74. The summed E-state index contributed by atoms with van der Waals surface area (Å²) in [5.41, 5.74) is 1.10. The molecule has 0 atom stereocenters. The van der Waals surface area contributed by atoms with E-state index in [0.717, 1.165) is 19.5 Å². The average Bonchev–Trinajstić information content (AvgIpc) is 2.70. The number of carbonyl (C=O) groups is 1. The Bertz CT molecular complexity index is 534. The summed E-state index contributed by atoms with van der Waals surface area (Å²) >= 11 is 0. The van der Waals surface area contributed by atoms with Gasteiger partial charge in [0.1, 0.15) is 0 Å². The van der Waals surface area contributed by atoms with E-state index in [4.69, 9.17) is 0 Å². The minimum Gasteiger partial charge on any atom is -0.323 e. The van der Waals surface area contributed by atoms with E-state index in [9.17, 15) is 18.0 Å². The molecule has 1 aromatic rings. The van der Waals surface area contributed by atoms with Gasteiger partial charge in [0.2, 0.25) is 0 Å². The third kappa shape index (κ3) is 6.09. The lowest BCUT2D eigenvalue weighted by Crippen LogP contribution is -2.37. The zero-order chi connectivity index (χ0) is 16.9. The highest BCUT2D eigenvalue weighted by atomic mass is 19.4. The zero-order valence-electron chi connectivity index (χ0n) is 13.2. The third-order valence-corrected chi connectivity index (χ3v) is 3.88. The van der Waals surface area contributed by atoms with Gasteiger partial charge in [0.15, 0.2) is 0 Å². The van der Waals surface area contributed by atoms with E-state index in [2.05, 4.69) is 10.2 Å². The number of amides is 2. The minimum atomic E-state index is -4.17. The van der Waals surface area contributed by atoms with Crippen LogP contribution in [0.3, 0.4) is 0 Å². The van der Waals surface area contributed by atoms with E-state index >= 15 is 0 Å². The number of benzene rings is 1. The Morgan fingerprint density at radius 2 is 2.00 bits per heavy atom. The van der Waals surface area contributed by atoms with Gasteiger partial charge in [-0.05, 0) is 44.1 Å². The molecule has 0 aliphatic carbocycles. The maximum atomic E-state index is 12.3. The van der Waals surface area contributed by atoms with E-state index in [0.29, 0.717) is 24.3 Å². The molecule has 0 bridgehead atoms. The lowest BCUT2D eigenvalue weighted by Gasteiger charge is -2.21. The quantitative estimate of drug-likeness (QED) is 0.923. The number of aryl methyl sites for hydroxylation is 1. The molecular formula is C16H22F3N3O. The smallest absolute Gasteiger partial charge is 0.323 e. The van der Waals surface area contributed by atoms with Crippen LogP contribution in [0, 0.1) is 0 Å². The number of nitrogens with zero attached hydrogens (tertiary/aromatic N) is 2. The van der Waals surface area contributed by atoms with E-state index in [-0.39, 0.29) is 12.5 Å². The average molecular weight is 329 g/mol. The number of alkyl halides is 3. The van der Waals surface area contributed by atoms with Crippen molar-refractivity contribution in [3.63, 3.8) is 0 Å². The number of hydrogen-bond donors (Lipinski definition) is 1. The topological polar surface area (TPSA) is 35.6 Å². The summed E-state index contributed by atoms with van der Waals surface area (Å²) in [4.78, 5) is 16.2. The van der Waals surface area contributed by atoms with E-state index in [1.165, 1.54) is 0 Å². The van der Waals surface area contributed by atoms with Gasteiger partial charge in [0.05, 0.1) is 0 Å². The normalized spacial score (nSPS) is 17.0. The summed E-state index contributed by atoms with van der Waals surface area (Å²) in [6.45, 7) is 3.11. The number of rotatable bonds is 3. The van der Waals surface area contributed by atoms with Crippen LogP contribution in [0.25, 0.3) is 0 Å². The van der Waals surface area contributed by atoms with Crippen LogP contribution in [-0.4, -0.2) is 55.2 Å². The second-order valence-electron chi connectivity index (χ2n) is 5.89. The molecule has 23 heavy (non-hydrogen) atoms. The molecule has 1 aliphatic heterocycles. The molecule has 1 N–H and O–H groups in total. The molecule has 1 heterocycles. The largest absolute Gasteiger partial charge is 0.389 e. The number of hydrogen-bond acceptors (Lipinski definition) is 2. The molecule has 1 aliphatic rings. The van der Waals surface area contributed by atoms with E-state index < -0.39 is 12.6 Å². The summed E-state index contributed by atoms with van der Waals surface area (Å²) in [5.74, 6) is 0. The number of halogens is 3. The molecule has 128 valence electrons. The van der Waals surface area contributed by atoms with Crippen molar-refractivity contribution >= 4 is 11.7 Å². The summed E-state index contributed by atoms with van der Waals surface area (Å²) in [7, 11) is 2.02. The van der Waals surface area contributed by atoms with Gasteiger partial charge in [0, 0.05) is 31.7 Å². The van der Waals surface area contributed by atoms with Crippen molar-refractivity contribution in [3.05, 3.63) is 29.8 Å². The molecular weight excluding hydrogens is 307 g/mol. The SMILES string of the molecule is CN1CCCN(C(=O)Nc2cccc(CCC(F)(F)F)c2)CC1. The molecule has 0 radical (unpaired) electrons. The van der Waals surface area contributed by atoms with Gasteiger partial charge < -0.3 is 15.1 Å². The fourth-order valence-electron chi connectivity index (χ4n) is 2.54. The number of likely N-dealkylation sites (N-methyl/N-ethyl adjacent to an activating group) is 1. The van der Waals surface area contributed by atoms with Gasteiger partial charge in [-0.25, -0.2) is 4.79 Å². The Kier molecular flexibility index (Phi) is 5.87. The Morgan fingerprint density at radius 1 is 1.22 bits per heavy atom. The van der Waals surface area contributed by atoms with Gasteiger partial charge in [-0.2, -0.15) is 13.2 Å². The highest BCUT2D eigenvalue weighted by molar-refractivity contribution is 5.89. The van der Waals surface area contributed by atoms with E-state index in [1.54, 1.807) is 29.2 Å². The van der Waals surface area contributed by atoms with Crippen molar-refractivity contribution in [2.75, 3.05) is 38.5 Å². The van der Waals surface area contributed by atoms with Gasteiger partial charge >= 0.3 is 12.2 Å². The summed E-state index contributed by atoms with van der Waals surface area (Å²) in [6, 6.07) is 6.40. The number of nitrogens with one attached hydrogen (secondary N) is 1. The predicted octanol–water partition coefficient (Wildman–Crippen LogP) is 3.35. The van der Waals surface area contributed by atoms with Crippen molar-refractivity contribution in [1.29, 1.82) is 0 Å². The fourth-order valence-corrected chi connectivity index (χ4v) is 2.54. The summed E-state index contributed by atoms with van der Waals surface area (Å²) < 4.78 is 36.9. The summed E-state index contributed by atoms with van der Waals surface area (Å²) in [6.07, 6.45) is -4.20. The van der Waals surface area contributed by atoms with Gasteiger partial charge in [-0.3, -0.25) is 0 Å². The van der Waals surface area contributed by atoms with Gasteiger partial charge in [-0.15, -0.1) is 0 Å². The molecule has 4 nitrogen and oxygen atoms in total. The van der Waals surface area contributed by atoms with Crippen LogP contribution >= 0.6 is 0 Å². The van der Waals surface area contributed by atoms with Gasteiger partial charge in [-0.1, -0.05) is 12.1 Å². The van der Waals surface area contributed by atoms with Crippen molar-refractivity contribution < 1.29 is 18.0 Å². The molecule has 1 fully saturated rings. The molecule has 2 rings (SSSR count). The fraction of sp³-hybridized carbons (Fsp3) is 0.562. The maximum Gasteiger partial charge on any atom is 0.389 e. The van der Waals surface area contributed by atoms with Crippen LogP contribution in [0.15, 0.2) is 24.3 Å². The van der Waals surface area contributed by atoms with Gasteiger partial charge in [0.25, 0.3) is 0 Å². The van der Waals surface area contributed by atoms with E-state index in [1.807, 2.05) is 7.05 Å². The lowest BCUT2D eigenvalue weighted by atomic mass is 10.1. The number of carbonyl (C=O) groups excluding carboxylic acids is 1. The van der Waals surface area contributed by atoms with Crippen LogP contribution in [-0.2, 0) is 6.42 Å². The Morgan fingerprint density at radius 3 is 2.74 bits per heavy atom. The zero-order valence-corrected chi connectivity index (χ0v) is 13.2.